The van der Waals surface area contributed by atoms with E-state index in [-0.39, 0.29) is 5.75 Å². The molecule has 0 spiro atoms. The normalized spacial score (nSPS) is 11.8. The summed E-state index contributed by atoms with van der Waals surface area (Å²) in [5.41, 5.74) is 8.30. The number of rotatable bonds is 4. The molecule has 6 heteroatoms. The second-order valence-corrected chi connectivity index (χ2v) is 15.3. The third-order valence-electron chi connectivity index (χ3n) is 6.54. The van der Waals surface area contributed by atoms with Crippen LogP contribution >= 0.6 is 0 Å². The minimum Gasteiger partial charge on any atom is -0.507 e. The number of phenolic OH excluding ortho intramolecular Hbond substituents is 1. The molecule has 5 nitrogen and oxygen atoms in total. The molecule has 176 valence electrons. The minimum atomic E-state index is -1.39. The summed E-state index contributed by atoms with van der Waals surface area (Å²) in [6.45, 7) is 10.9. The van der Waals surface area contributed by atoms with E-state index in [2.05, 4.69) is 61.0 Å². The minimum absolute atomic E-state index is 0.255. The molecule has 2 aromatic carbocycles. The first-order valence-electron chi connectivity index (χ1n) is 11.8. The largest absolute Gasteiger partial charge is 0.507 e. The molecule has 3 aromatic heterocycles. The van der Waals surface area contributed by atoms with Crippen molar-refractivity contribution in [2.24, 2.45) is 7.05 Å². The van der Waals surface area contributed by atoms with Crippen LogP contribution in [0.25, 0.3) is 44.9 Å². The third kappa shape index (κ3) is 4.14. The molecule has 0 unspecified atom stereocenters. The molecule has 0 saturated carbocycles. The van der Waals surface area contributed by atoms with E-state index in [0.29, 0.717) is 5.82 Å². The topological polar surface area (TPSA) is 63.8 Å². The highest BCUT2D eigenvalue weighted by molar-refractivity contribution is 6.88. The molecule has 0 fully saturated rings. The first-order valence-corrected chi connectivity index (χ1v) is 15.3. The zero-order valence-electron chi connectivity index (χ0n) is 21.1. The van der Waals surface area contributed by atoms with Crippen LogP contribution in [0.5, 0.6) is 5.75 Å². The molecule has 0 amide bonds. The number of benzene rings is 2. The van der Waals surface area contributed by atoms with Gasteiger partial charge in [-0.1, -0.05) is 50.0 Å². The zero-order valence-corrected chi connectivity index (χ0v) is 22.1. The van der Waals surface area contributed by atoms with E-state index in [1.54, 1.807) is 0 Å². The van der Waals surface area contributed by atoms with Gasteiger partial charge in [0.2, 0.25) is 0 Å². The van der Waals surface area contributed by atoms with Gasteiger partial charge >= 0.3 is 0 Å². The van der Waals surface area contributed by atoms with Crippen molar-refractivity contribution < 1.29 is 5.11 Å². The number of phenols is 1. The van der Waals surface area contributed by atoms with E-state index in [9.17, 15) is 5.11 Å². The van der Waals surface area contributed by atoms with Crippen LogP contribution in [0, 0.1) is 13.8 Å². The molecule has 0 atom stereocenters. The highest BCUT2D eigenvalue weighted by Crippen LogP contribution is 2.36. The summed E-state index contributed by atoms with van der Waals surface area (Å²) >= 11 is 0. The Kier molecular flexibility index (Phi) is 5.56. The summed E-state index contributed by atoms with van der Waals surface area (Å²) in [5.74, 6) is 0.953. The van der Waals surface area contributed by atoms with E-state index in [1.807, 2.05) is 56.1 Å². The van der Waals surface area contributed by atoms with Crippen molar-refractivity contribution in [3.63, 3.8) is 0 Å². The summed E-state index contributed by atoms with van der Waals surface area (Å²) in [6, 6.07) is 18.7. The number of imidazole rings is 1. The predicted molar refractivity (Wildman–Crippen MR) is 147 cm³/mol. The first kappa shape index (κ1) is 23.0. The quantitative estimate of drug-likeness (QED) is 0.311. The van der Waals surface area contributed by atoms with Crippen molar-refractivity contribution in [2.75, 3.05) is 0 Å². The Bertz CT molecular complexity index is 1560. The van der Waals surface area contributed by atoms with E-state index in [4.69, 9.17) is 9.97 Å². The average molecular weight is 479 g/mol. The monoisotopic (exact) mass is 478 g/mol. The Morgan fingerprint density at radius 2 is 1.63 bits per heavy atom. The van der Waals surface area contributed by atoms with Gasteiger partial charge in [0.05, 0.1) is 19.3 Å². The molecule has 1 N–H and O–H groups in total. The number of pyridine rings is 2. The van der Waals surface area contributed by atoms with Gasteiger partial charge < -0.3 is 9.67 Å². The Balaban J connectivity index is 1.62. The van der Waals surface area contributed by atoms with Crippen LogP contribution in [0.15, 0.2) is 67.0 Å². The number of hydrogen-bond donors (Lipinski definition) is 1. The van der Waals surface area contributed by atoms with Gasteiger partial charge in [-0.25, -0.2) is 9.97 Å². The van der Waals surface area contributed by atoms with Gasteiger partial charge in [0.25, 0.3) is 0 Å². The van der Waals surface area contributed by atoms with Crippen LogP contribution in [0.4, 0.5) is 0 Å². The lowest BCUT2D eigenvalue weighted by molar-refractivity contribution is 0.472. The fourth-order valence-corrected chi connectivity index (χ4v) is 5.57. The number of nitrogens with zero attached hydrogens (tertiary/aromatic N) is 4. The molecule has 5 rings (SSSR count). The van der Waals surface area contributed by atoms with Crippen molar-refractivity contribution in [1.29, 1.82) is 0 Å². The summed E-state index contributed by atoms with van der Waals surface area (Å²) in [5, 5.41) is 12.1. The van der Waals surface area contributed by atoms with E-state index >= 15 is 0 Å². The molecule has 35 heavy (non-hydrogen) atoms. The molecule has 3 heterocycles. The van der Waals surface area contributed by atoms with Crippen LogP contribution < -0.4 is 5.19 Å². The maximum atomic E-state index is 10.8. The fourth-order valence-electron chi connectivity index (χ4n) is 4.54. The van der Waals surface area contributed by atoms with Gasteiger partial charge in [-0.15, -0.1) is 0 Å². The molecule has 0 aliphatic heterocycles. The smallest absolute Gasteiger partial charge is 0.160 e. The van der Waals surface area contributed by atoms with Crippen molar-refractivity contribution >= 4 is 24.4 Å². The van der Waals surface area contributed by atoms with Crippen LogP contribution in [0.3, 0.4) is 0 Å². The first-order chi connectivity index (χ1) is 16.6. The van der Waals surface area contributed by atoms with Gasteiger partial charge in [0.15, 0.2) is 5.65 Å². The lowest BCUT2D eigenvalue weighted by Crippen LogP contribution is -2.37. The zero-order chi connectivity index (χ0) is 24.9. The Hall–Kier alpha value is -3.77. The Morgan fingerprint density at radius 1 is 0.857 bits per heavy atom. The Labute approximate surface area is 207 Å². The van der Waals surface area contributed by atoms with E-state index in [0.717, 1.165) is 50.2 Å². The second kappa shape index (κ2) is 8.47. The molecule has 0 aliphatic carbocycles. The average Bonchev–Trinajstić information content (AvgIpc) is 3.17. The van der Waals surface area contributed by atoms with E-state index in [1.165, 1.54) is 5.19 Å². The van der Waals surface area contributed by atoms with Gasteiger partial charge in [-0.05, 0) is 60.0 Å². The maximum absolute atomic E-state index is 10.8. The van der Waals surface area contributed by atoms with Gasteiger partial charge in [0.1, 0.15) is 17.1 Å². The summed E-state index contributed by atoms with van der Waals surface area (Å²) in [6.07, 6.45) is 3.85. The van der Waals surface area contributed by atoms with Gasteiger partial charge in [-0.3, -0.25) is 4.98 Å². The number of aromatic nitrogens is 4. The SMILES string of the molecule is Cc1cc(C)c(O)c(-c2nc3c(-c4cccc(-c5ccc([Si](C)(C)C)cn5)c4)ccnc3n2C)c1. The van der Waals surface area contributed by atoms with Crippen LogP contribution in [-0.4, -0.2) is 32.7 Å². The third-order valence-corrected chi connectivity index (χ3v) is 8.57. The Morgan fingerprint density at radius 3 is 2.34 bits per heavy atom. The standard InChI is InChI=1S/C29H30N4OSi/c1-18-14-19(2)27(34)24(15-18)28-32-26-23(12-13-30-29(26)33(28)3)20-8-7-9-21(16-20)25-11-10-22(17-31-25)35(4,5)6/h7-17,34H,1-6H3. The van der Waals surface area contributed by atoms with Gasteiger partial charge in [-0.2, -0.15) is 0 Å². The van der Waals surface area contributed by atoms with E-state index < -0.39 is 8.07 Å². The molecular formula is C29H30N4OSi. The number of hydrogen-bond acceptors (Lipinski definition) is 4. The molecule has 5 aromatic rings. The molecule has 0 bridgehead atoms. The molecular weight excluding hydrogens is 448 g/mol. The van der Waals surface area contributed by atoms with Crippen LogP contribution in [0.1, 0.15) is 11.1 Å². The molecule has 0 aliphatic rings. The summed E-state index contributed by atoms with van der Waals surface area (Å²) in [4.78, 5) is 14.4. The number of aromatic hydroxyl groups is 1. The van der Waals surface area contributed by atoms with Crippen molar-refractivity contribution in [1.82, 2.24) is 19.5 Å². The summed E-state index contributed by atoms with van der Waals surface area (Å²) < 4.78 is 1.95. The summed E-state index contributed by atoms with van der Waals surface area (Å²) in [7, 11) is 0.552. The molecule has 0 radical (unpaired) electrons. The van der Waals surface area contributed by atoms with Gasteiger partial charge in [0, 0.05) is 30.6 Å². The van der Waals surface area contributed by atoms with Crippen molar-refractivity contribution in [3.8, 4) is 39.5 Å². The predicted octanol–water partition coefficient (Wildman–Crippen LogP) is 6.23. The highest BCUT2D eigenvalue weighted by Gasteiger charge is 2.19. The van der Waals surface area contributed by atoms with Crippen LogP contribution in [0.2, 0.25) is 19.6 Å². The van der Waals surface area contributed by atoms with Crippen LogP contribution in [-0.2, 0) is 7.05 Å². The number of aryl methyl sites for hydroxylation is 3. The maximum Gasteiger partial charge on any atom is 0.160 e. The lowest BCUT2D eigenvalue weighted by atomic mass is 10.0. The fraction of sp³-hybridized carbons (Fsp3) is 0.207. The highest BCUT2D eigenvalue weighted by atomic mass is 28.3. The van der Waals surface area contributed by atoms with Crippen molar-refractivity contribution in [2.45, 2.75) is 33.5 Å². The van der Waals surface area contributed by atoms with Crippen molar-refractivity contribution in [3.05, 3.63) is 78.1 Å². The number of fused-ring (bicyclic) bond motifs is 1. The lowest BCUT2D eigenvalue weighted by Gasteiger charge is -2.16. The second-order valence-electron chi connectivity index (χ2n) is 10.3. The molecule has 0 saturated heterocycles.